The van der Waals surface area contributed by atoms with Gasteiger partial charge in [0.05, 0.1) is 7.14 Å². The van der Waals surface area contributed by atoms with E-state index in [0.29, 0.717) is 0 Å². The van der Waals surface area contributed by atoms with Crippen molar-refractivity contribution in [1.29, 1.82) is 0 Å². The number of nitrogens with one attached hydrogen (secondary N) is 1. The molecule has 0 aliphatic carbocycles. The predicted octanol–water partition coefficient (Wildman–Crippen LogP) is 0.267. The molecule has 2 aliphatic heterocycles. The summed E-state index contributed by atoms with van der Waals surface area (Å²) in [5.41, 5.74) is 0. The van der Waals surface area contributed by atoms with Crippen LogP contribution in [0, 0.1) is 0 Å². The van der Waals surface area contributed by atoms with Crippen molar-refractivity contribution in [2.45, 2.75) is 6.04 Å². The minimum absolute atomic E-state index is 0.741. The van der Waals surface area contributed by atoms with Gasteiger partial charge < -0.3 is 9.88 Å². The highest BCUT2D eigenvalue weighted by atomic mass is 31.2. The Balaban J connectivity index is 1.85. The number of nitrogens with zero attached hydrogens (tertiary/aromatic N) is 1. The molecule has 0 aromatic carbocycles. The van der Waals surface area contributed by atoms with Gasteiger partial charge in [0.25, 0.3) is 0 Å². The second kappa shape index (κ2) is 3.13. The Bertz CT molecular complexity index is 203. The maximum Gasteiger partial charge on any atom is 0.0873 e. The SMILES string of the molecule is CP1(=O)CCN(C2CNC2)CC1. The lowest BCUT2D eigenvalue weighted by molar-refractivity contribution is 0.157. The topological polar surface area (TPSA) is 32.3 Å². The quantitative estimate of drug-likeness (QED) is 0.599. The summed E-state index contributed by atoms with van der Waals surface area (Å²) >= 11 is 0. The van der Waals surface area contributed by atoms with E-state index in [1.807, 2.05) is 6.66 Å². The minimum Gasteiger partial charge on any atom is -0.324 e. The van der Waals surface area contributed by atoms with Crippen LogP contribution in [0.15, 0.2) is 0 Å². The summed E-state index contributed by atoms with van der Waals surface area (Å²) in [5.74, 6) is 0. The molecule has 0 atom stereocenters. The lowest BCUT2D eigenvalue weighted by Gasteiger charge is -2.41. The summed E-state index contributed by atoms with van der Waals surface area (Å²) < 4.78 is 11.7. The third kappa shape index (κ3) is 1.73. The van der Waals surface area contributed by atoms with Crippen LogP contribution in [0.4, 0.5) is 0 Å². The third-order valence-corrected chi connectivity index (χ3v) is 5.29. The molecule has 0 aromatic heterocycles. The van der Waals surface area contributed by atoms with Gasteiger partial charge in [-0.2, -0.15) is 0 Å². The summed E-state index contributed by atoms with van der Waals surface area (Å²) in [4.78, 5) is 2.48. The Labute approximate surface area is 73.9 Å². The summed E-state index contributed by atoms with van der Waals surface area (Å²) in [6.07, 6.45) is 1.87. The zero-order chi connectivity index (χ0) is 8.60. The van der Waals surface area contributed by atoms with E-state index < -0.39 is 7.14 Å². The van der Waals surface area contributed by atoms with Crippen LogP contribution >= 0.6 is 7.14 Å². The van der Waals surface area contributed by atoms with Gasteiger partial charge in [0.15, 0.2) is 0 Å². The van der Waals surface area contributed by atoms with Crippen LogP contribution in [0.5, 0.6) is 0 Å². The molecule has 0 saturated carbocycles. The zero-order valence-electron chi connectivity index (χ0n) is 7.62. The smallest absolute Gasteiger partial charge is 0.0873 e. The van der Waals surface area contributed by atoms with Crippen molar-refractivity contribution in [3.8, 4) is 0 Å². The van der Waals surface area contributed by atoms with E-state index in [2.05, 4.69) is 10.2 Å². The largest absolute Gasteiger partial charge is 0.324 e. The monoisotopic (exact) mass is 188 g/mol. The Kier molecular flexibility index (Phi) is 2.28. The lowest BCUT2D eigenvalue weighted by Crippen LogP contribution is -2.59. The van der Waals surface area contributed by atoms with E-state index in [0.717, 1.165) is 44.5 Å². The van der Waals surface area contributed by atoms with Crippen molar-refractivity contribution >= 4 is 7.14 Å². The second-order valence-corrected chi connectivity index (χ2v) is 7.58. The van der Waals surface area contributed by atoms with Crippen molar-refractivity contribution in [2.75, 3.05) is 45.2 Å². The molecule has 3 nitrogen and oxygen atoms in total. The number of hydrogen-bond acceptors (Lipinski definition) is 3. The highest BCUT2D eigenvalue weighted by Gasteiger charge is 2.30. The standard InChI is InChI=1S/C8H17N2OP/c1-12(11)4-2-10(3-5-12)8-6-9-7-8/h8-9H,2-7H2,1H3. The van der Waals surface area contributed by atoms with E-state index >= 15 is 0 Å². The fourth-order valence-electron chi connectivity index (χ4n) is 1.80. The van der Waals surface area contributed by atoms with Crippen LogP contribution in [0.2, 0.25) is 0 Å². The van der Waals surface area contributed by atoms with Gasteiger partial charge in [0.2, 0.25) is 0 Å². The molecule has 0 radical (unpaired) electrons. The van der Waals surface area contributed by atoms with Gasteiger partial charge in [0, 0.05) is 44.5 Å². The summed E-state index contributed by atoms with van der Waals surface area (Å²) in [7, 11) is -1.71. The Morgan fingerprint density at radius 2 is 1.92 bits per heavy atom. The minimum atomic E-state index is -1.71. The average molecular weight is 188 g/mol. The predicted molar refractivity (Wildman–Crippen MR) is 51.5 cm³/mol. The van der Waals surface area contributed by atoms with E-state index in [4.69, 9.17) is 0 Å². The first-order valence-corrected chi connectivity index (χ1v) is 7.20. The van der Waals surface area contributed by atoms with Gasteiger partial charge in [-0.1, -0.05) is 0 Å². The molecule has 70 valence electrons. The lowest BCUT2D eigenvalue weighted by atomic mass is 10.1. The molecular formula is C8H17N2OP. The number of rotatable bonds is 1. The molecule has 0 bridgehead atoms. The molecule has 0 unspecified atom stereocenters. The first-order chi connectivity index (χ1) is 5.67. The molecular weight excluding hydrogens is 171 g/mol. The molecule has 0 aromatic rings. The fourth-order valence-corrected chi connectivity index (χ4v) is 3.38. The molecule has 2 aliphatic rings. The maximum absolute atomic E-state index is 11.7. The molecule has 4 heteroatoms. The summed E-state index contributed by atoms with van der Waals surface area (Å²) in [5, 5.41) is 3.27. The third-order valence-electron chi connectivity index (χ3n) is 3.00. The molecule has 2 saturated heterocycles. The Morgan fingerprint density at radius 1 is 1.33 bits per heavy atom. The van der Waals surface area contributed by atoms with Gasteiger partial charge in [-0.25, -0.2) is 0 Å². The van der Waals surface area contributed by atoms with Crippen molar-refractivity contribution in [1.82, 2.24) is 10.2 Å². The normalized spacial score (nSPS) is 31.4. The van der Waals surface area contributed by atoms with Crippen LogP contribution in [-0.4, -0.2) is 56.1 Å². The molecule has 2 rings (SSSR count). The van der Waals surface area contributed by atoms with E-state index in [1.165, 1.54) is 0 Å². The second-order valence-electron chi connectivity index (χ2n) is 4.09. The highest BCUT2D eigenvalue weighted by Crippen LogP contribution is 2.43. The van der Waals surface area contributed by atoms with Gasteiger partial charge in [-0.3, -0.25) is 4.90 Å². The molecule has 12 heavy (non-hydrogen) atoms. The first-order valence-electron chi connectivity index (χ1n) is 4.68. The first kappa shape index (κ1) is 8.74. The van der Waals surface area contributed by atoms with Crippen LogP contribution < -0.4 is 5.32 Å². The Morgan fingerprint density at radius 3 is 2.33 bits per heavy atom. The van der Waals surface area contributed by atoms with E-state index in [1.54, 1.807) is 0 Å². The summed E-state index contributed by atoms with van der Waals surface area (Å²) in [6, 6.07) is 0.741. The zero-order valence-corrected chi connectivity index (χ0v) is 8.52. The van der Waals surface area contributed by atoms with Gasteiger partial charge >= 0.3 is 0 Å². The Hall–Kier alpha value is 0.150. The molecule has 2 fully saturated rings. The number of hydrogen-bond donors (Lipinski definition) is 1. The molecule has 0 spiro atoms. The van der Waals surface area contributed by atoms with Gasteiger partial charge in [0.1, 0.15) is 0 Å². The van der Waals surface area contributed by atoms with Gasteiger partial charge in [-0.15, -0.1) is 0 Å². The van der Waals surface area contributed by atoms with Gasteiger partial charge in [-0.05, 0) is 6.66 Å². The average Bonchev–Trinajstić information content (AvgIpc) is 1.89. The van der Waals surface area contributed by atoms with Crippen molar-refractivity contribution in [2.24, 2.45) is 0 Å². The molecule has 0 amide bonds. The molecule has 2 heterocycles. The van der Waals surface area contributed by atoms with Crippen LogP contribution in [0.1, 0.15) is 0 Å². The molecule has 1 N–H and O–H groups in total. The highest BCUT2D eigenvalue weighted by molar-refractivity contribution is 7.63. The maximum atomic E-state index is 11.7. The van der Waals surface area contributed by atoms with Crippen molar-refractivity contribution < 1.29 is 4.57 Å². The van der Waals surface area contributed by atoms with Crippen LogP contribution in [0.25, 0.3) is 0 Å². The van der Waals surface area contributed by atoms with E-state index in [9.17, 15) is 4.57 Å². The fraction of sp³-hybridized carbons (Fsp3) is 1.00. The summed E-state index contributed by atoms with van der Waals surface area (Å²) in [6.45, 7) is 6.33. The van der Waals surface area contributed by atoms with Crippen molar-refractivity contribution in [3.05, 3.63) is 0 Å². The van der Waals surface area contributed by atoms with Crippen LogP contribution in [-0.2, 0) is 4.57 Å². The van der Waals surface area contributed by atoms with Crippen LogP contribution in [0.3, 0.4) is 0 Å². The van der Waals surface area contributed by atoms with E-state index in [-0.39, 0.29) is 0 Å². The van der Waals surface area contributed by atoms with Crippen molar-refractivity contribution in [3.63, 3.8) is 0 Å².